The monoisotopic (exact) mass is 338 g/mol. The van der Waals surface area contributed by atoms with E-state index in [1.165, 1.54) is 6.07 Å². The summed E-state index contributed by atoms with van der Waals surface area (Å²) in [4.78, 5) is 23.4. The summed E-state index contributed by atoms with van der Waals surface area (Å²) in [7, 11) is 0. The molecule has 2 aromatic carbocycles. The molecule has 0 N–H and O–H groups in total. The Bertz CT molecular complexity index is 971. The Balaban J connectivity index is 2.00. The molecular formula is C20H18O5. The fraction of sp³-hybridized carbons (Fsp3) is 0.200. The van der Waals surface area contributed by atoms with Crippen molar-refractivity contribution in [2.24, 2.45) is 0 Å². The largest absolute Gasteiger partial charge is 0.482 e. The summed E-state index contributed by atoms with van der Waals surface area (Å²) in [6.45, 7) is 3.83. The van der Waals surface area contributed by atoms with Crippen LogP contribution in [0.5, 0.6) is 5.75 Å². The molecule has 1 aromatic heterocycles. The minimum Gasteiger partial charge on any atom is -0.482 e. The minimum atomic E-state index is -0.447. The molecule has 0 radical (unpaired) electrons. The Kier molecular flexibility index (Phi) is 4.84. The highest BCUT2D eigenvalue weighted by atomic mass is 16.6. The molecule has 0 aliphatic heterocycles. The zero-order chi connectivity index (χ0) is 17.8. The van der Waals surface area contributed by atoms with Crippen LogP contribution < -0.4 is 10.4 Å². The van der Waals surface area contributed by atoms with Crippen LogP contribution in [0, 0.1) is 6.92 Å². The second-order valence-electron chi connectivity index (χ2n) is 5.55. The summed E-state index contributed by atoms with van der Waals surface area (Å²) in [6.07, 6.45) is 0. The quantitative estimate of drug-likeness (QED) is 0.524. The van der Waals surface area contributed by atoms with E-state index in [0.29, 0.717) is 17.9 Å². The number of aryl methyl sites for hydroxylation is 1. The van der Waals surface area contributed by atoms with Crippen LogP contribution in [0.3, 0.4) is 0 Å². The highest BCUT2D eigenvalue weighted by Gasteiger charge is 2.11. The van der Waals surface area contributed by atoms with E-state index >= 15 is 0 Å². The van der Waals surface area contributed by atoms with Gasteiger partial charge in [0.15, 0.2) is 6.61 Å². The van der Waals surface area contributed by atoms with Gasteiger partial charge in [0.05, 0.1) is 6.61 Å². The zero-order valence-electron chi connectivity index (χ0n) is 14.1. The number of carbonyl (C=O) groups excluding carboxylic acids is 1. The van der Waals surface area contributed by atoms with Gasteiger partial charge in [-0.25, -0.2) is 9.59 Å². The van der Waals surface area contributed by atoms with E-state index in [0.717, 1.165) is 22.1 Å². The lowest BCUT2D eigenvalue weighted by Gasteiger charge is -2.10. The SMILES string of the molecule is CCOC(=O)COc1ccc2c(-c3ccccc3C)cc(=O)oc2c1. The molecule has 0 saturated heterocycles. The molecule has 0 aliphatic rings. The van der Waals surface area contributed by atoms with E-state index in [1.54, 1.807) is 19.1 Å². The maximum Gasteiger partial charge on any atom is 0.344 e. The second-order valence-corrected chi connectivity index (χ2v) is 5.55. The van der Waals surface area contributed by atoms with Crippen LogP contribution >= 0.6 is 0 Å². The molecule has 0 spiro atoms. The third-order valence-corrected chi connectivity index (χ3v) is 3.81. The Morgan fingerprint density at radius 1 is 1.08 bits per heavy atom. The number of fused-ring (bicyclic) bond motifs is 1. The van der Waals surface area contributed by atoms with Crippen molar-refractivity contribution < 1.29 is 18.7 Å². The second kappa shape index (κ2) is 7.21. The van der Waals surface area contributed by atoms with E-state index in [4.69, 9.17) is 13.9 Å². The maximum atomic E-state index is 12.0. The van der Waals surface area contributed by atoms with Gasteiger partial charge in [-0.05, 0) is 37.1 Å². The van der Waals surface area contributed by atoms with Gasteiger partial charge < -0.3 is 13.9 Å². The van der Waals surface area contributed by atoms with E-state index in [-0.39, 0.29) is 6.61 Å². The zero-order valence-corrected chi connectivity index (χ0v) is 14.1. The number of hydrogen-bond acceptors (Lipinski definition) is 5. The van der Waals surface area contributed by atoms with Crippen LogP contribution in [0.4, 0.5) is 0 Å². The number of rotatable bonds is 5. The Hall–Kier alpha value is -3.08. The van der Waals surface area contributed by atoms with Crippen LogP contribution in [0.1, 0.15) is 12.5 Å². The first-order valence-electron chi connectivity index (χ1n) is 8.01. The molecule has 0 bridgehead atoms. The molecule has 0 amide bonds. The van der Waals surface area contributed by atoms with E-state index < -0.39 is 11.6 Å². The third-order valence-electron chi connectivity index (χ3n) is 3.81. The van der Waals surface area contributed by atoms with Crippen molar-refractivity contribution in [1.29, 1.82) is 0 Å². The summed E-state index contributed by atoms with van der Waals surface area (Å²) in [5, 5.41) is 0.803. The molecule has 1 heterocycles. The fourth-order valence-corrected chi connectivity index (χ4v) is 2.68. The van der Waals surface area contributed by atoms with E-state index in [1.807, 2.05) is 37.3 Å². The average Bonchev–Trinajstić information content (AvgIpc) is 2.59. The van der Waals surface area contributed by atoms with Crippen LogP contribution in [-0.4, -0.2) is 19.2 Å². The van der Waals surface area contributed by atoms with E-state index in [9.17, 15) is 9.59 Å². The minimum absolute atomic E-state index is 0.193. The Labute approximate surface area is 144 Å². The van der Waals surface area contributed by atoms with Gasteiger partial charge in [0.1, 0.15) is 11.3 Å². The number of benzene rings is 2. The maximum absolute atomic E-state index is 12.0. The standard InChI is InChI=1S/C20H18O5/c1-3-23-20(22)12-24-14-8-9-16-17(11-19(21)25-18(16)10-14)15-7-5-4-6-13(15)2/h4-11H,3,12H2,1-2H3. The van der Waals surface area contributed by atoms with Crippen LogP contribution in [0.25, 0.3) is 22.1 Å². The van der Waals surface area contributed by atoms with Gasteiger partial charge in [0.2, 0.25) is 0 Å². The van der Waals surface area contributed by atoms with Crippen molar-refractivity contribution in [1.82, 2.24) is 0 Å². The first-order valence-corrected chi connectivity index (χ1v) is 8.01. The summed E-state index contributed by atoms with van der Waals surface area (Å²) in [5.74, 6) is -0.0108. The predicted molar refractivity (Wildman–Crippen MR) is 94.8 cm³/mol. The normalized spacial score (nSPS) is 10.6. The van der Waals surface area contributed by atoms with Gasteiger partial charge in [-0.15, -0.1) is 0 Å². The van der Waals surface area contributed by atoms with Crippen LogP contribution in [0.15, 0.2) is 57.7 Å². The van der Waals surface area contributed by atoms with Gasteiger partial charge in [-0.3, -0.25) is 0 Å². The summed E-state index contributed by atoms with van der Waals surface area (Å²) >= 11 is 0. The molecule has 3 rings (SSSR count). The lowest BCUT2D eigenvalue weighted by atomic mass is 9.98. The lowest BCUT2D eigenvalue weighted by Crippen LogP contribution is -2.14. The number of esters is 1. The summed E-state index contributed by atoms with van der Waals surface area (Å²) in [6, 6.07) is 14.5. The van der Waals surface area contributed by atoms with Gasteiger partial charge in [-0.2, -0.15) is 0 Å². The van der Waals surface area contributed by atoms with Crippen molar-refractivity contribution in [3.63, 3.8) is 0 Å². The fourth-order valence-electron chi connectivity index (χ4n) is 2.68. The van der Waals surface area contributed by atoms with Gasteiger partial charge in [0.25, 0.3) is 0 Å². The molecule has 128 valence electrons. The smallest absolute Gasteiger partial charge is 0.344 e. The van der Waals surface area contributed by atoms with Gasteiger partial charge in [0, 0.05) is 23.1 Å². The first kappa shape index (κ1) is 16.8. The van der Waals surface area contributed by atoms with Crippen molar-refractivity contribution in [2.75, 3.05) is 13.2 Å². The number of hydrogen-bond donors (Lipinski definition) is 0. The van der Waals surface area contributed by atoms with Crippen LogP contribution in [0.2, 0.25) is 0 Å². The van der Waals surface area contributed by atoms with Gasteiger partial charge >= 0.3 is 11.6 Å². The third kappa shape index (κ3) is 3.71. The molecule has 0 atom stereocenters. The topological polar surface area (TPSA) is 65.7 Å². The van der Waals surface area contributed by atoms with Crippen molar-refractivity contribution in [2.45, 2.75) is 13.8 Å². The van der Waals surface area contributed by atoms with Crippen LogP contribution in [-0.2, 0) is 9.53 Å². The molecule has 0 fully saturated rings. The van der Waals surface area contributed by atoms with Crippen molar-refractivity contribution in [3.8, 4) is 16.9 Å². The van der Waals surface area contributed by atoms with E-state index in [2.05, 4.69) is 0 Å². The average molecular weight is 338 g/mol. The molecule has 0 aliphatic carbocycles. The lowest BCUT2D eigenvalue weighted by molar-refractivity contribution is -0.145. The molecular weight excluding hydrogens is 320 g/mol. The molecule has 25 heavy (non-hydrogen) atoms. The summed E-state index contributed by atoms with van der Waals surface area (Å²) in [5.41, 5.74) is 2.82. The highest BCUT2D eigenvalue weighted by molar-refractivity contribution is 5.94. The molecule has 3 aromatic rings. The van der Waals surface area contributed by atoms with Crippen molar-refractivity contribution in [3.05, 3.63) is 64.5 Å². The molecule has 5 heteroatoms. The molecule has 0 unspecified atom stereocenters. The van der Waals surface area contributed by atoms with Gasteiger partial charge in [-0.1, -0.05) is 24.3 Å². The number of carbonyl (C=O) groups is 1. The predicted octanol–water partition coefficient (Wildman–Crippen LogP) is 3.71. The van der Waals surface area contributed by atoms with Crippen molar-refractivity contribution >= 4 is 16.9 Å². The summed E-state index contributed by atoms with van der Waals surface area (Å²) < 4.78 is 15.5. The Morgan fingerprint density at radius 3 is 2.64 bits per heavy atom. The molecule has 0 saturated carbocycles. The first-order chi connectivity index (χ1) is 12.1. The Morgan fingerprint density at radius 2 is 1.88 bits per heavy atom. The highest BCUT2D eigenvalue weighted by Crippen LogP contribution is 2.31. The number of ether oxygens (including phenoxy) is 2. The molecule has 5 nitrogen and oxygen atoms in total.